The molecule has 0 aliphatic carbocycles. The predicted octanol–water partition coefficient (Wildman–Crippen LogP) is 0.462. The van der Waals surface area contributed by atoms with Crippen molar-refractivity contribution in [3.8, 4) is 0 Å². The van der Waals surface area contributed by atoms with Crippen molar-refractivity contribution in [2.75, 3.05) is 26.3 Å². The van der Waals surface area contributed by atoms with E-state index < -0.39 is 33.2 Å². The fourth-order valence-electron chi connectivity index (χ4n) is 3.31. The minimum Gasteiger partial charge on any atom is -0.481 e. The molecule has 1 fully saturated rings. The van der Waals surface area contributed by atoms with Crippen molar-refractivity contribution >= 4 is 27.8 Å². The lowest BCUT2D eigenvalue weighted by molar-refractivity contribution is -0.154. The van der Waals surface area contributed by atoms with Gasteiger partial charge in [0.1, 0.15) is 4.90 Å². The number of benzene rings is 1. The van der Waals surface area contributed by atoms with Crippen molar-refractivity contribution in [3.05, 3.63) is 29.3 Å². The van der Waals surface area contributed by atoms with Crippen LogP contribution in [0.15, 0.2) is 23.1 Å². The van der Waals surface area contributed by atoms with Gasteiger partial charge in [0.15, 0.2) is 0 Å². The normalized spacial score (nSPS) is 20.2. The highest BCUT2D eigenvalue weighted by Crippen LogP contribution is 2.32. The summed E-state index contributed by atoms with van der Waals surface area (Å²) in [5, 5.41) is 12.1. The van der Waals surface area contributed by atoms with E-state index in [1.807, 2.05) is 0 Å². The van der Waals surface area contributed by atoms with E-state index in [0.29, 0.717) is 13.2 Å². The van der Waals surface area contributed by atoms with Crippen molar-refractivity contribution in [2.45, 2.75) is 24.7 Å². The van der Waals surface area contributed by atoms with Gasteiger partial charge in [-0.25, -0.2) is 12.7 Å². The van der Waals surface area contributed by atoms with Gasteiger partial charge in [-0.15, -0.1) is 0 Å². The number of carbonyl (C=O) groups is 3. The number of nitrogens with zero attached hydrogens (tertiary/aromatic N) is 1. The second-order valence-electron chi connectivity index (χ2n) is 6.57. The smallest absolute Gasteiger partial charge is 0.311 e. The maximum atomic E-state index is 12.5. The molecular weight excluding hydrogens is 376 g/mol. The zero-order chi connectivity index (χ0) is 19.8. The summed E-state index contributed by atoms with van der Waals surface area (Å²) in [6, 6.07) is 3.82. The Labute approximate surface area is 156 Å². The van der Waals surface area contributed by atoms with Crippen molar-refractivity contribution < 1.29 is 32.6 Å². The molecule has 0 aromatic heterocycles. The number of sulfonamides is 1. The van der Waals surface area contributed by atoms with E-state index in [9.17, 15) is 27.9 Å². The van der Waals surface area contributed by atoms with E-state index >= 15 is 0 Å². The van der Waals surface area contributed by atoms with Crippen LogP contribution in [0.5, 0.6) is 0 Å². The molecule has 9 nitrogen and oxygen atoms in total. The van der Waals surface area contributed by atoms with Crippen LogP contribution in [0.2, 0.25) is 0 Å². The van der Waals surface area contributed by atoms with Crippen LogP contribution in [0, 0.1) is 5.41 Å². The number of rotatable bonds is 5. The van der Waals surface area contributed by atoms with Crippen molar-refractivity contribution in [2.24, 2.45) is 5.41 Å². The Morgan fingerprint density at radius 1 is 1.30 bits per heavy atom. The highest BCUT2D eigenvalue weighted by Gasteiger charge is 2.42. The molecule has 2 N–H and O–H groups in total. The second-order valence-corrected chi connectivity index (χ2v) is 8.40. The molecule has 2 aliphatic rings. The van der Waals surface area contributed by atoms with Crippen molar-refractivity contribution in [3.63, 3.8) is 0 Å². The number of hydrogen-bond acceptors (Lipinski definition) is 6. The first-order valence-electron chi connectivity index (χ1n) is 8.53. The summed E-state index contributed by atoms with van der Waals surface area (Å²) < 4.78 is 30.8. The summed E-state index contributed by atoms with van der Waals surface area (Å²) in [5.41, 5.74) is -1.03. The Morgan fingerprint density at radius 3 is 2.56 bits per heavy atom. The summed E-state index contributed by atoms with van der Waals surface area (Å²) in [6.07, 6.45) is 0.558. The van der Waals surface area contributed by atoms with Crippen LogP contribution in [-0.4, -0.2) is 61.9 Å². The summed E-state index contributed by atoms with van der Waals surface area (Å²) in [4.78, 5) is 36.0. The summed E-state index contributed by atoms with van der Waals surface area (Å²) in [5.74, 6) is -2.22. The Kier molecular flexibility index (Phi) is 4.96. The molecule has 1 aromatic carbocycles. The number of ether oxygens (including phenoxy) is 1. The van der Waals surface area contributed by atoms with Gasteiger partial charge in [-0.1, -0.05) is 0 Å². The van der Waals surface area contributed by atoms with Crippen LogP contribution in [0.3, 0.4) is 0 Å². The third-order valence-electron chi connectivity index (χ3n) is 5.05. The molecule has 0 radical (unpaired) electrons. The topological polar surface area (TPSA) is 130 Å². The molecule has 27 heavy (non-hydrogen) atoms. The minimum atomic E-state index is -3.97. The van der Waals surface area contributed by atoms with E-state index in [4.69, 9.17) is 4.74 Å². The lowest BCUT2D eigenvalue weighted by Gasteiger charge is -2.33. The Hall–Kier alpha value is -2.46. The fourth-order valence-corrected chi connectivity index (χ4v) is 4.91. The number of nitrogens with one attached hydrogen (secondary N) is 1. The zero-order valence-corrected chi connectivity index (χ0v) is 15.5. The largest absolute Gasteiger partial charge is 0.481 e. The summed E-state index contributed by atoms with van der Waals surface area (Å²) in [7, 11) is -3.97. The quantitative estimate of drug-likeness (QED) is 0.739. The number of aliphatic carboxylic acids is 1. The lowest BCUT2D eigenvalue weighted by Crippen LogP contribution is -2.46. The Morgan fingerprint density at radius 2 is 1.96 bits per heavy atom. The van der Waals surface area contributed by atoms with E-state index in [2.05, 4.69) is 5.32 Å². The first-order chi connectivity index (χ1) is 12.7. The average Bonchev–Trinajstić information content (AvgIpc) is 2.85. The molecular formula is C17H20N2O7S. The van der Waals surface area contributed by atoms with E-state index in [0.717, 1.165) is 10.4 Å². The number of carboxylic acid groups (broad SMARTS) is 1. The highest BCUT2D eigenvalue weighted by molar-refractivity contribution is 7.90. The Balaban J connectivity index is 1.81. The van der Waals surface area contributed by atoms with Gasteiger partial charge in [0.25, 0.3) is 21.8 Å². The number of amides is 2. The van der Waals surface area contributed by atoms with Gasteiger partial charge in [0, 0.05) is 31.9 Å². The predicted molar refractivity (Wildman–Crippen MR) is 92.8 cm³/mol. The number of carboxylic acids is 1. The third kappa shape index (κ3) is 3.19. The molecule has 3 rings (SSSR count). The first kappa shape index (κ1) is 19.3. The van der Waals surface area contributed by atoms with E-state index in [1.165, 1.54) is 12.1 Å². The fraction of sp³-hybridized carbons (Fsp3) is 0.471. The van der Waals surface area contributed by atoms with Gasteiger partial charge in [-0.05, 0) is 38.0 Å². The van der Waals surface area contributed by atoms with Gasteiger partial charge < -0.3 is 15.2 Å². The van der Waals surface area contributed by atoms with Gasteiger partial charge >= 0.3 is 5.97 Å². The lowest BCUT2D eigenvalue weighted by atomic mass is 9.80. The zero-order valence-electron chi connectivity index (χ0n) is 14.7. The minimum absolute atomic E-state index is 0.000574. The number of carbonyl (C=O) groups excluding carboxylic acids is 2. The van der Waals surface area contributed by atoms with E-state index in [1.54, 1.807) is 6.92 Å². The SMILES string of the molecule is CCN1C(=O)c2ccc(C(=O)NCC3(C(=O)O)CCOCC3)cc2S1(=O)=O. The molecule has 146 valence electrons. The van der Waals surface area contributed by atoms with Crippen LogP contribution in [0.25, 0.3) is 0 Å². The van der Waals surface area contributed by atoms with Gasteiger partial charge in [0.2, 0.25) is 0 Å². The number of fused-ring (bicyclic) bond motifs is 1. The maximum absolute atomic E-state index is 12.5. The highest BCUT2D eigenvalue weighted by atomic mass is 32.2. The summed E-state index contributed by atoms with van der Waals surface area (Å²) >= 11 is 0. The van der Waals surface area contributed by atoms with Crippen LogP contribution in [0.4, 0.5) is 0 Å². The molecule has 0 bridgehead atoms. The molecule has 10 heteroatoms. The van der Waals surface area contributed by atoms with Crippen molar-refractivity contribution in [1.82, 2.24) is 9.62 Å². The van der Waals surface area contributed by atoms with Crippen LogP contribution >= 0.6 is 0 Å². The van der Waals surface area contributed by atoms with Gasteiger partial charge in [-0.2, -0.15) is 0 Å². The van der Waals surface area contributed by atoms with Crippen LogP contribution < -0.4 is 5.32 Å². The second kappa shape index (κ2) is 6.93. The summed E-state index contributed by atoms with van der Waals surface area (Å²) in [6.45, 7) is 2.06. The van der Waals surface area contributed by atoms with Crippen LogP contribution in [-0.2, 0) is 19.6 Å². The van der Waals surface area contributed by atoms with Gasteiger partial charge in [0.05, 0.1) is 11.0 Å². The molecule has 1 saturated heterocycles. The molecule has 0 atom stereocenters. The van der Waals surface area contributed by atoms with E-state index in [-0.39, 0.29) is 42.0 Å². The van der Waals surface area contributed by atoms with Crippen LogP contribution in [0.1, 0.15) is 40.5 Å². The monoisotopic (exact) mass is 396 g/mol. The standard InChI is InChI=1S/C17H20N2O7S/c1-2-19-15(21)12-4-3-11(9-13(12)27(19,24)25)14(20)18-10-17(16(22)23)5-7-26-8-6-17/h3-4,9H,2,5-8,10H2,1H3,(H,18,20)(H,22,23). The molecule has 2 amide bonds. The average molecular weight is 396 g/mol. The molecule has 2 aliphatic heterocycles. The van der Waals surface area contributed by atoms with Gasteiger partial charge in [-0.3, -0.25) is 14.4 Å². The third-order valence-corrected chi connectivity index (χ3v) is 6.94. The maximum Gasteiger partial charge on any atom is 0.311 e. The van der Waals surface area contributed by atoms with Crippen molar-refractivity contribution in [1.29, 1.82) is 0 Å². The molecule has 2 heterocycles. The molecule has 0 saturated carbocycles. The first-order valence-corrected chi connectivity index (χ1v) is 9.97. The molecule has 1 aromatic rings. The molecule has 0 unspecified atom stereocenters. The number of hydrogen-bond donors (Lipinski definition) is 2. The molecule has 0 spiro atoms. The Bertz CT molecular complexity index is 904.